The molecule has 90 valence electrons. The van der Waals surface area contributed by atoms with E-state index in [1.54, 1.807) is 12.1 Å². The van der Waals surface area contributed by atoms with Crippen molar-refractivity contribution in [2.75, 3.05) is 13.1 Å². The highest BCUT2D eigenvalue weighted by molar-refractivity contribution is 5.76. The third-order valence-corrected chi connectivity index (χ3v) is 3.50. The molecule has 2 heterocycles. The Balaban J connectivity index is 2.13. The Hall–Kier alpha value is -1.42. The van der Waals surface area contributed by atoms with Gasteiger partial charge in [0.05, 0.1) is 11.0 Å². The summed E-state index contributed by atoms with van der Waals surface area (Å²) in [4.78, 5) is 4.51. The van der Waals surface area contributed by atoms with E-state index in [9.17, 15) is 4.39 Å². The third-order valence-electron chi connectivity index (χ3n) is 3.50. The van der Waals surface area contributed by atoms with Crippen molar-refractivity contribution >= 4 is 11.0 Å². The van der Waals surface area contributed by atoms with Crippen LogP contribution in [0.25, 0.3) is 11.0 Å². The normalized spacial score (nSPS) is 17.8. The van der Waals surface area contributed by atoms with Crippen LogP contribution >= 0.6 is 0 Å². The maximum absolute atomic E-state index is 13.3. The van der Waals surface area contributed by atoms with Crippen LogP contribution in [0, 0.1) is 12.7 Å². The summed E-state index contributed by atoms with van der Waals surface area (Å²) in [7, 11) is 0. The predicted molar refractivity (Wildman–Crippen MR) is 65.6 cm³/mol. The molecule has 1 saturated heterocycles. The minimum atomic E-state index is -0.187. The summed E-state index contributed by atoms with van der Waals surface area (Å²) in [5, 5.41) is 3.35. The van der Waals surface area contributed by atoms with Crippen molar-refractivity contribution in [3.63, 3.8) is 0 Å². The summed E-state index contributed by atoms with van der Waals surface area (Å²) in [5.41, 5.74) is 1.82. The van der Waals surface area contributed by atoms with Gasteiger partial charge in [0, 0.05) is 6.04 Å². The van der Waals surface area contributed by atoms with Gasteiger partial charge in [0.15, 0.2) is 0 Å². The van der Waals surface area contributed by atoms with Crippen LogP contribution < -0.4 is 5.32 Å². The topological polar surface area (TPSA) is 29.9 Å². The van der Waals surface area contributed by atoms with Crippen molar-refractivity contribution in [2.45, 2.75) is 25.8 Å². The number of benzene rings is 1. The van der Waals surface area contributed by atoms with Crippen molar-refractivity contribution < 1.29 is 4.39 Å². The number of hydrogen-bond acceptors (Lipinski definition) is 2. The average Bonchev–Trinajstić information content (AvgIpc) is 2.65. The Morgan fingerprint density at radius 3 is 2.88 bits per heavy atom. The number of halogens is 1. The summed E-state index contributed by atoms with van der Waals surface area (Å²) < 4.78 is 15.5. The van der Waals surface area contributed by atoms with E-state index in [1.807, 2.05) is 6.92 Å². The number of fused-ring (bicyclic) bond motifs is 1. The third kappa shape index (κ3) is 1.82. The van der Waals surface area contributed by atoms with E-state index in [4.69, 9.17) is 0 Å². The zero-order chi connectivity index (χ0) is 11.8. The Bertz CT molecular complexity index is 541. The highest BCUT2D eigenvalue weighted by atomic mass is 19.1. The number of rotatable bonds is 1. The number of nitrogens with one attached hydrogen (secondary N) is 1. The lowest BCUT2D eigenvalue weighted by Gasteiger charge is -2.25. The van der Waals surface area contributed by atoms with Crippen LogP contribution in [0.5, 0.6) is 0 Å². The van der Waals surface area contributed by atoms with Gasteiger partial charge in [-0.1, -0.05) is 0 Å². The fourth-order valence-corrected chi connectivity index (χ4v) is 2.71. The fourth-order valence-electron chi connectivity index (χ4n) is 2.71. The molecule has 1 fully saturated rings. The van der Waals surface area contributed by atoms with Gasteiger partial charge in [-0.05, 0) is 51.1 Å². The summed E-state index contributed by atoms with van der Waals surface area (Å²) in [6.45, 7) is 4.05. The van der Waals surface area contributed by atoms with Gasteiger partial charge in [0.1, 0.15) is 11.6 Å². The Morgan fingerprint density at radius 1 is 1.35 bits per heavy atom. The molecule has 3 rings (SSSR count). The number of hydrogen-bond donors (Lipinski definition) is 1. The summed E-state index contributed by atoms with van der Waals surface area (Å²) in [6, 6.07) is 5.27. The van der Waals surface area contributed by atoms with E-state index in [0.29, 0.717) is 6.04 Å². The van der Waals surface area contributed by atoms with Crippen molar-refractivity contribution in [1.82, 2.24) is 14.9 Å². The molecule has 1 aliphatic rings. The second kappa shape index (κ2) is 4.11. The van der Waals surface area contributed by atoms with E-state index in [-0.39, 0.29) is 5.82 Å². The molecule has 0 saturated carbocycles. The minimum Gasteiger partial charge on any atom is -0.325 e. The van der Waals surface area contributed by atoms with Gasteiger partial charge >= 0.3 is 0 Å². The summed E-state index contributed by atoms with van der Waals surface area (Å²) in [5.74, 6) is 0.796. The van der Waals surface area contributed by atoms with Crippen LogP contribution in [0.1, 0.15) is 24.7 Å². The minimum absolute atomic E-state index is 0.187. The average molecular weight is 233 g/mol. The van der Waals surface area contributed by atoms with Gasteiger partial charge in [-0.15, -0.1) is 0 Å². The number of aromatic nitrogens is 2. The second-order valence-electron chi connectivity index (χ2n) is 4.64. The van der Waals surface area contributed by atoms with Crippen LogP contribution in [0.15, 0.2) is 18.2 Å². The first-order valence-corrected chi connectivity index (χ1v) is 6.10. The predicted octanol–water partition coefficient (Wildman–Crippen LogP) is 2.41. The first-order chi connectivity index (χ1) is 8.25. The Morgan fingerprint density at radius 2 is 2.12 bits per heavy atom. The van der Waals surface area contributed by atoms with Crippen LogP contribution in [-0.2, 0) is 0 Å². The standard InChI is InChI=1S/C13H16FN3/c1-9-16-12-3-2-10(14)8-13(12)17(9)11-4-6-15-7-5-11/h2-3,8,11,15H,4-7H2,1H3. The molecule has 1 N–H and O–H groups in total. The van der Waals surface area contributed by atoms with Gasteiger partial charge < -0.3 is 9.88 Å². The zero-order valence-corrected chi connectivity index (χ0v) is 9.91. The van der Waals surface area contributed by atoms with Crippen molar-refractivity contribution in [1.29, 1.82) is 0 Å². The second-order valence-corrected chi connectivity index (χ2v) is 4.64. The summed E-state index contributed by atoms with van der Waals surface area (Å²) >= 11 is 0. The Kier molecular flexibility index (Phi) is 2.59. The lowest BCUT2D eigenvalue weighted by Crippen LogP contribution is -2.29. The van der Waals surface area contributed by atoms with Crippen molar-refractivity contribution in [2.24, 2.45) is 0 Å². The molecule has 0 bridgehead atoms. The van der Waals surface area contributed by atoms with Crippen molar-refractivity contribution in [3.8, 4) is 0 Å². The van der Waals surface area contributed by atoms with E-state index in [1.165, 1.54) is 6.07 Å². The molecule has 0 unspecified atom stereocenters. The molecule has 0 radical (unpaired) electrons. The molecule has 4 heteroatoms. The molecule has 1 aromatic carbocycles. The fraction of sp³-hybridized carbons (Fsp3) is 0.462. The number of nitrogens with zero attached hydrogens (tertiary/aromatic N) is 2. The molecular formula is C13H16FN3. The molecule has 0 aliphatic carbocycles. The monoisotopic (exact) mass is 233 g/mol. The lowest BCUT2D eigenvalue weighted by molar-refractivity contribution is 0.370. The quantitative estimate of drug-likeness (QED) is 0.819. The highest BCUT2D eigenvalue weighted by Gasteiger charge is 2.19. The van der Waals surface area contributed by atoms with Crippen molar-refractivity contribution in [3.05, 3.63) is 29.8 Å². The Labute approximate surface area is 99.7 Å². The number of imidazole rings is 1. The highest BCUT2D eigenvalue weighted by Crippen LogP contribution is 2.26. The number of piperidine rings is 1. The maximum Gasteiger partial charge on any atom is 0.125 e. The molecule has 17 heavy (non-hydrogen) atoms. The largest absolute Gasteiger partial charge is 0.325 e. The first kappa shape index (κ1) is 10.7. The number of aryl methyl sites for hydroxylation is 1. The zero-order valence-electron chi connectivity index (χ0n) is 9.91. The molecule has 1 aliphatic heterocycles. The van der Waals surface area contributed by atoms with Crippen LogP contribution in [0.3, 0.4) is 0 Å². The van der Waals surface area contributed by atoms with Gasteiger partial charge in [-0.2, -0.15) is 0 Å². The maximum atomic E-state index is 13.3. The molecule has 0 amide bonds. The van der Waals surface area contributed by atoms with Gasteiger partial charge in [-0.3, -0.25) is 0 Å². The van der Waals surface area contributed by atoms with Gasteiger partial charge in [0.2, 0.25) is 0 Å². The van der Waals surface area contributed by atoms with E-state index < -0.39 is 0 Å². The lowest BCUT2D eigenvalue weighted by atomic mass is 10.1. The van der Waals surface area contributed by atoms with Crippen LogP contribution in [0.4, 0.5) is 4.39 Å². The van der Waals surface area contributed by atoms with Crippen LogP contribution in [-0.4, -0.2) is 22.6 Å². The van der Waals surface area contributed by atoms with Crippen LogP contribution in [0.2, 0.25) is 0 Å². The van der Waals surface area contributed by atoms with E-state index in [0.717, 1.165) is 42.8 Å². The molecule has 1 aromatic heterocycles. The van der Waals surface area contributed by atoms with Gasteiger partial charge in [0.25, 0.3) is 0 Å². The SMILES string of the molecule is Cc1nc2ccc(F)cc2n1C1CCNCC1. The molecule has 2 aromatic rings. The van der Waals surface area contributed by atoms with E-state index in [2.05, 4.69) is 14.9 Å². The molecule has 0 atom stereocenters. The van der Waals surface area contributed by atoms with Gasteiger partial charge in [-0.25, -0.2) is 9.37 Å². The summed E-state index contributed by atoms with van der Waals surface area (Å²) in [6.07, 6.45) is 2.17. The smallest absolute Gasteiger partial charge is 0.125 e. The molecule has 3 nitrogen and oxygen atoms in total. The van der Waals surface area contributed by atoms with E-state index >= 15 is 0 Å². The first-order valence-electron chi connectivity index (χ1n) is 6.10. The molecule has 0 spiro atoms. The molecular weight excluding hydrogens is 217 g/mol.